The Bertz CT molecular complexity index is 1170. The van der Waals surface area contributed by atoms with E-state index in [1.54, 1.807) is 0 Å². The minimum Gasteiger partial charge on any atom is -0.353 e. The standard InChI is InChI=1S/C28H32N4O2S/c1-19-10-12-21(13-11-19)26(33)31-28-30-25-23(8-5-9-24(25)35-28)27(34)29-22-14-16-32(17-15-22)18-20-6-3-2-4-7-20/h2-4,6-7,10-13,22-23H,5,8-9,14-18H2,1H3,(H,29,34)(H,30,31,33). The number of aromatic nitrogens is 1. The fourth-order valence-electron chi connectivity index (χ4n) is 4.98. The Labute approximate surface area is 210 Å². The smallest absolute Gasteiger partial charge is 0.257 e. The van der Waals surface area contributed by atoms with Crippen LogP contribution < -0.4 is 10.6 Å². The van der Waals surface area contributed by atoms with Crippen molar-refractivity contribution in [1.29, 1.82) is 0 Å². The van der Waals surface area contributed by atoms with E-state index in [0.29, 0.717) is 10.7 Å². The maximum absolute atomic E-state index is 13.2. The number of hydrogen-bond donors (Lipinski definition) is 2. The fraction of sp³-hybridized carbons (Fsp3) is 0.393. The predicted octanol–water partition coefficient (Wildman–Crippen LogP) is 4.90. The third-order valence-corrected chi connectivity index (χ3v) is 8.03. The number of amides is 2. The zero-order valence-electron chi connectivity index (χ0n) is 20.1. The number of nitrogens with zero attached hydrogens (tertiary/aromatic N) is 2. The van der Waals surface area contributed by atoms with E-state index in [2.05, 4.69) is 39.8 Å². The highest BCUT2D eigenvalue weighted by Crippen LogP contribution is 2.37. The van der Waals surface area contributed by atoms with Crippen molar-refractivity contribution in [3.05, 3.63) is 81.9 Å². The van der Waals surface area contributed by atoms with Crippen LogP contribution >= 0.6 is 11.3 Å². The van der Waals surface area contributed by atoms with Gasteiger partial charge in [-0.05, 0) is 56.7 Å². The molecule has 0 spiro atoms. The summed E-state index contributed by atoms with van der Waals surface area (Å²) in [6.45, 7) is 4.93. The van der Waals surface area contributed by atoms with Gasteiger partial charge in [0.05, 0.1) is 11.6 Å². The summed E-state index contributed by atoms with van der Waals surface area (Å²) >= 11 is 1.50. The van der Waals surface area contributed by atoms with Crippen molar-refractivity contribution in [1.82, 2.24) is 15.2 Å². The van der Waals surface area contributed by atoms with Gasteiger partial charge < -0.3 is 5.32 Å². The molecule has 0 radical (unpaired) electrons. The Morgan fingerprint density at radius 1 is 1.03 bits per heavy atom. The molecule has 3 aromatic rings. The highest BCUT2D eigenvalue weighted by Gasteiger charge is 2.32. The lowest BCUT2D eigenvalue weighted by molar-refractivity contribution is -0.124. The molecule has 182 valence electrons. The van der Waals surface area contributed by atoms with E-state index in [4.69, 9.17) is 4.98 Å². The Morgan fingerprint density at radius 2 is 1.77 bits per heavy atom. The van der Waals surface area contributed by atoms with E-state index in [-0.39, 0.29) is 23.8 Å². The van der Waals surface area contributed by atoms with Crippen LogP contribution in [-0.4, -0.2) is 40.8 Å². The number of piperidine rings is 1. The lowest BCUT2D eigenvalue weighted by atomic mass is 9.89. The average molecular weight is 489 g/mol. The van der Waals surface area contributed by atoms with Gasteiger partial charge in [0.15, 0.2) is 5.13 Å². The molecule has 2 amide bonds. The second kappa shape index (κ2) is 10.7. The first-order valence-electron chi connectivity index (χ1n) is 12.5. The second-order valence-electron chi connectivity index (χ2n) is 9.64. The van der Waals surface area contributed by atoms with Crippen LogP contribution in [0.5, 0.6) is 0 Å². The molecule has 1 fully saturated rings. The van der Waals surface area contributed by atoms with Crippen molar-refractivity contribution >= 4 is 28.3 Å². The summed E-state index contributed by atoms with van der Waals surface area (Å²) in [6, 6.07) is 18.2. The van der Waals surface area contributed by atoms with Crippen LogP contribution in [0.2, 0.25) is 0 Å². The third kappa shape index (κ3) is 5.80. The Kier molecular flexibility index (Phi) is 7.25. The minimum absolute atomic E-state index is 0.0779. The molecule has 0 saturated carbocycles. The molecular formula is C28H32N4O2S. The van der Waals surface area contributed by atoms with Crippen LogP contribution in [-0.2, 0) is 17.8 Å². The molecule has 35 heavy (non-hydrogen) atoms. The Morgan fingerprint density at radius 3 is 2.51 bits per heavy atom. The molecule has 2 heterocycles. The number of nitrogens with one attached hydrogen (secondary N) is 2. The van der Waals surface area contributed by atoms with E-state index < -0.39 is 0 Å². The monoisotopic (exact) mass is 488 g/mol. The minimum atomic E-state index is -0.234. The number of rotatable bonds is 6. The summed E-state index contributed by atoms with van der Waals surface area (Å²) in [6.07, 6.45) is 4.62. The Hall–Kier alpha value is -3.03. The molecule has 1 saturated heterocycles. The molecule has 1 aliphatic carbocycles. The molecule has 1 aliphatic heterocycles. The molecule has 2 aliphatic rings. The largest absolute Gasteiger partial charge is 0.353 e. The summed E-state index contributed by atoms with van der Waals surface area (Å²) in [7, 11) is 0. The van der Waals surface area contributed by atoms with Crippen LogP contribution in [0.15, 0.2) is 54.6 Å². The number of hydrogen-bond acceptors (Lipinski definition) is 5. The van der Waals surface area contributed by atoms with Gasteiger partial charge >= 0.3 is 0 Å². The van der Waals surface area contributed by atoms with Gasteiger partial charge in [-0.1, -0.05) is 48.0 Å². The zero-order valence-corrected chi connectivity index (χ0v) is 20.9. The van der Waals surface area contributed by atoms with Gasteiger partial charge in [0.25, 0.3) is 5.91 Å². The maximum atomic E-state index is 13.2. The van der Waals surface area contributed by atoms with Gasteiger partial charge in [0, 0.05) is 36.1 Å². The number of fused-ring (bicyclic) bond motifs is 1. The number of likely N-dealkylation sites (tertiary alicyclic amines) is 1. The molecule has 6 nitrogen and oxygen atoms in total. The van der Waals surface area contributed by atoms with Crippen molar-refractivity contribution in [2.75, 3.05) is 18.4 Å². The number of carbonyl (C=O) groups is 2. The highest BCUT2D eigenvalue weighted by molar-refractivity contribution is 7.16. The van der Waals surface area contributed by atoms with Crippen LogP contribution in [0.3, 0.4) is 0 Å². The topological polar surface area (TPSA) is 74.3 Å². The molecule has 2 N–H and O–H groups in total. The predicted molar refractivity (Wildman–Crippen MR) is 140 cm³/mol. The SMILES string of the molecule is Cc1ccc(C(=O)Nc2nc3c(s2)CCCC3C(=O)NC2CCN(Cc3ccccc3)CC2)cc1. The van der Waals surface area contributed by atoms with E-state index in [1.807, 2.05) is 37.3 Å². The first-order chi connectivity index (χ1) is 17.0. The van der Waals surface area contributed by atoms with Gasteiger partial charge in [-0.2, -0.15) is 0 Å². The van der Waals surface area contributed by atoms with E-state index in [1.165, 1.54) is 16.9 Å². The van der Waals surface area contributed by atoms with Crippen LogP contribution in [0, 0.1) is 6.92 Å². The number of carbonyl (C=O) groups excluding carboxylic acids is 2. The maximum Gasteiger partial charge on any atom is 0.257 e. The quantitative estimate of drug-likeness (QED) is 0.517. The molecule has 5 rings (SSSR count). The lowest BCUT2D eigenvalue weighted by Crippen LogP contribution is -2.46. The van der Waals surface area contributed by atoms with Gasteiger partial charge in [-0.25, -0.2) is 4.98 Å². The molecule has 7 heteroatoms. The molecule has 2 aromatic carbocycles. The third-order valence-electron chi connectivity index (χ3n) is 6.99. The van der Waals surface area contributed by atoms with Crippen molar-refractivity contribution in [2.24, 2.45) is 0 Å². The number of thiazole rings is 1. The van der Waals surface area contributed by atoms with Crippen LogP contribution in [0.25, 0.3) is 0 Å². The van der Waals surface area contributed by atoms with Gasteiger partial charge in [0.1, 0.15) is 0 Å². The molecule has 1 unspecified atom stereocenters. The van der Waals surface area contributed by atoms with Gasteiger partial charge in [-0.3, -0.25) is 19.8 Å². The highest BCUT2D eigenvalue weighted by atomic mass is 32.1. The van der Waals surface area contributed by atoms with E-state index >= 15 is 0 Å². The van der Waals surface area contributed by atoms with Crippen molar-refractivity contribution in [3.63, 3.8) is 0 Å². The van der Waals surface area contributed by atoms with Crippen molar-refractivity contribution < 1.29 is 9.59 Å². The van der Waals surface area contributed by atoms with Gasteiger partial charge in [-0.15, -0.1) is 11.3 Å². The summed E-state index contributed by atoms with van der Waals surface area (Å²) in [5, 5.41) is 6.82. The molecule has 0 bridgehead atoms. The van der Waals surface area contributed by atoms with Crippen molar-refractivity contribution in [2.45, 2.75) is 57.5 Å². The summed E-state index contributed by atoms with van der Waals surface area (Å²) in [5.74, 6) is -0.323. The van der Waals surface area contributed by atoms with E-state index in [9.17, 15) is 9.59 Å². The number of aryl methyl sites for hydroxylation is 2. The van der Waals surface area contributed by atoms with Crippen molar-refractivity contribution in [3.8, 4) is 0 Å². The number of anilines is 1. The normalized spacial score (nSPS) is 18.6. The lowest BCUT2D eigenvalue weighted by Gasteiger charge is -2.33. The van der Waals surface area contributed by atoms with Crippen LogP contribution in [0.1, 0.15) is 63.7 Å². The molecule has 1 aromatic heterocycles. The summed E-state index contributed by atoms with van der Waals surface area (Å²) in [5.41, 5.74) is 3.90. The summed E-state index contributed by atoms with van der Waals surface area (Å²) in [4.78, 5) is 34.2. The van der Waals surface area contributed by atoms with E-state index in [0.717, 1.165) is 67.9 Å². The number of benzene rings is 2. The zero-order chi connectivity index (χ0) is 24.2. The first-order valence-corrected chi connectivity index (χ1v) is 13.3. The fourth-order valence-corrected chi connectivity index (χ4v) is 6.04. The Balaban J connectivity index is 1.17. The first kappa shape index (κ1) is 23.7. The molecule has 1 atom stereocenters. The second-order valence-corrected chi connectivity index (χ2v) is 10.7. The molecular weight excluding hydrogens is 456 g/mol. The summed E-state index contributed by atoms with van der Waals surface area (Å²) < 4.78 is 0. The average Bonchev–Trinajstić information content (AvgIpc) is 3.28. The van der Waals surface area contributed by atoms with Gasteiger partial charge in [0.2, 0.25) is 5.91 Å². The van der Waals surface area contributed by atoms with Crippen LogP contribution in [0.4, 0.5) is 5.13 Å².